The van der Waals surface area contributed by atoms with E-state index in [1.165, 1.54) is 0 Å². The minimum Gasteiger partial charge on any atom is -0.396 e. The van der Waals surface area contributed by atoms with Crippen LogP contribution in [0, 0.1) is 0 Å². The number of carbonyl (C=O) groups is 1. The largest absolute Gasteiger partial charge is 0.396 e. The summed E-state index contributed by atoms with van der Waals surface area (Å²) in [6, 6.07) is 1.83. The highest BCUT2D eigenvalue weighted by Gasteiger charge is 2.09. The first-order chi connectivity index (χ1) is 8.15. The predicted octanol–water partition coefficient (Wildman–Crippen LogP) is 2.47. The average Bonchev–Trinajstić information content (AvgIpc) is 2.72. The van der Waals surface area contributed by atoms with E-state index in [1.54, 1.807) is 11.3 Å². The Balaban J connectivity index is 2.29. The second-order valence-electron chi connectivity index (χ2n) is 3.68. The van der Waals surface area contributed by atoms with Crippen LogP contribution in [0.3, 0.4) is 0 Å². The first-order valence-corrected chi connectivity index (χ1v) is 7.21. The van der Waals surface area contributed by atoms with Gasteiger partial charge in [-0.15, -0.1) is 11.3 Å². The third-order valence-corrected chi connectivity index (χ3v) is 4.05. The SMILES string of the molecule is CCC(CCO)NC(=O)NCc1cc(Br)cs1. The molecule has 4 nitrogen and oxygen atoms in total. The summed E-state index contributed by atoms with van der Waals surface area (Å²) in [4.78, 5) is 12.7. The van der Waals surface area contributed by atoms with E-state index in [-0.39, 0.29) is 18.7 Å². The van der Waals surface area contributed by atoms with E-state index in [0.717, 1.165) is 15.8 Å². The fraction of sp³-hybridized carbons (Fsp3) is 0.545. The number of urea groups is 1. The molecule has 0 bridgehead atoms. The van der Waals surface area contributed by atoms with Crippen LogP contribution in [0.25, 0.3) is 0 Å². The molecule has 96 valence electrons. The number of halogens is 1. The molecular weight excluding hydrogens is 304 g/mol. The van der Waals surface area contributed by atoms with Crippen LogP contribution in [-0.4, -0.2) is 23.8 Å². The molecule has 0 saturated carbocycles. The number of thiophene rings is 1. The van der Waals surface area contributed by atoms with Crippen LogP contribution < -0.4 is 10.6 Å². The number of nitrogens with one attached hydrogen (secondary N) is 2. The molecule has 1 atom stereocenters. The quantitative estimate of drug-likeness (QED) is 0.754. The maximum absolute atomic E-state index is 11.6. The first kappa shape index (κ1) is 14.5. The maximum atomic E-state index is 11.6. The molecule has 0 aliphatic rings. The van der Waals surface area contributed by atoms with E-state index in [2.05, 4.69) is 26.6 Å². The van der Waals surface area contributed by atoms with Crippen molar-refractivity contribution in [2.24, 2.45) is 0 Å². The van der Waals surface area contributed by atoms with Crippen molar-refractivity contribution in [3.63, 3.8) is 0 Å². The van der Waals surface area contributed by atoms with Gasteiger partial charge >= 0.3 is 6.03 Å². The summed E-state index contributed by atoms with van der Waals surface area (Å²) in [7, 11) is 0. The Morgan fingerprint density at radius 1 is 1.65 bits per heavy atom. The lowest BCUT2D eigenvalue weighted by atomic mass is 10.2. The zero-order valence-electron chi connectivity index (χ0n) is 9.70. The third-order valence-electron chi connectivity index (χ3n) is 2.35. The van der Waals surface area contributed by atoms with Crippen molar-refractivity contribution >= 4 is 33.3 Å². The Hall–Kier alpha value is -0.590. The summed E-state index contributed by atoms with van der Waals surface area (Å²) in [5, 5.41) is 16.4. The molecule has 0 spiro atoms. The lowest BCUT2D eigenvalue weighted by Gasteiger charge is -2.15. The molecule has 0 radical (unpaired) electrons. The Morgan fingerprint density at radius 2 is 2.41 bits per heavy atom. The summed E-state index contributed by atoms with van der Waals surface area (Å²) < 4.78 is 1.03. The highest BCUT2D eigenvalue weighted by Crippen LogP contribution is 2.19. The van der Waals surface area contributed by atoms with Gasteiger partial charge in [-0.25, -0.2) is 4.79 Å². The smallest absolute Gasteiger partial charge is 0.315 e. The predicted molar refractivity (Wildman–Crippen MR) is 73.2 cm³/mol. The Bertz CT molecular complexity index is 357. The molecule has 0 aromatic carbocycles. The van der Waals surface area contributed by atoms with Gasteiger partial charge in [-0.05, 0) is 34.8 Å². The van der Waals surface area contributed by atoms with Gasteiger partial charge in [0.15, 0.2) is 0 Å². The van der Waals surface area contributed by atoms with Crippen LogP contribution in [0.15, 0.2) is 15.9 Å². The molecule has 17 heavy (non-hydrogen) atoms. The van der Waals surface area contributed by atoms with Crippen LogP contribution in [0.4, 0.5) is 4.79 Å². The molecule has 0 saturated heterocycles. The number of hydrogen-bond acceptors (Lipinski definition) is 3. The number of carbonyl (C=O) groups excluding carboxylic acids is 1. The number of amides is 2. The van der Waals surface area contributed by atoms with E-state index in [4.69, 9.17) is 5.11 Å². The minimum absolute atomic E-state index is 0.0371. The van der Waals surface area contributed by atoms with Gasteiger partial charge in [-0.2, -0.15) is 0 Å². The lowest BCUT2D eigenvalue weighted by Crippen LogP contribution is -2.41. The first-order valence-electron chi connectivity index (χ1n) is 5.53. The Labute approximate surface area is 114 Å². The van der Waals surface area contributed by atoms with E-state index in [0.29, 0.717) is 13.0 Å². The van der Waals surface area contributed by atoms with Gasteiger partial charge in [0.25, 0.3) is 0 Å². The fourth-order valence-electron chi connectivity index (χ4n) is 1.38. The summed E-state index contributed by atoms with van der Waals surface area (Å²) in [5.74, 6) is 0. The van der Waals surface area contributed by atoms with Crippen molar-refractivity contribution in [2.45, 2.75) is 32.4 Å². The molecule has 3 N–H and O–H groups in total. The summed E-state index contributed by atoms with van der Waals surface area (Å²) in [6.07, 6.45) is 1.41. The highest BCUT2D eigenvalue weighted by atomic mass is 79.9. The van der Waals surface area contributed by atoms with Crippen molar-refractivity contribution in [1.82, 2.24) is 10.6 Å². The van der Waals surface area contributed by atoms with E-state index < -0.39 is 0 Å². The van der Waals surface area contributed by atoms with Crippen LogP contribution >= 0.6 is 27.3 Å². The minimum atomic E-state index is -0.185. The molecule has 1 aromatic heterocycles. The maximum Gasteiger partial charge on any atom is 0.315 e. The monoisotopic (exact) mass is 320 g/mol. The van der Waals surface area contributed by atoms with Crippen LogP contribution in [-0.2, 0) is 6.54 Å². The molecule has 1 heterocycles. The normalized spacial score (nSPS) is 12.2. The van der Waals surface area contributed by atoms with Crippen LogP contribution in [0.2, 0.25) is 0 Å². The number of aliphatic hydroxyl groups excluding tert-OH is 1. The molecule has 2 amide bonds. The number of aliphatic hydroxyl groups is 1. The number of rotatable bonds is 6. The second-order valence-corrected chi connectivity index (χ2v) is 5.59. The average molecular weight is 321 g/mol. The second kappa shape index (κ2) is 7.68. The summed E-state index contributed by atoms with van der Waals surface area (Å²) in [6.45, 7) is 2.60. The standard InChI is InChI=1S/C11H17BrN2O2S/c1-2-9(3-4-15)14-11(16)13-6-10-5-8(12)7-17-10/h5,7,9,15H,2-4,6H2,1H3,(H2,13,14,16). The van der Waals surface area contributed by atoms with Gasteiger partial charge in [0.05, 0.1) is 6.54 Å². The topological polar surface area (TPSA) is 61.4 Å². The van der Waals surface area contributed by atoms with Crippen LogP contribution in [0.1, 0.15) is 24.6 Å². The third kappa shape index (κ3) is 5.52. The highest BCUT2D eigenvalue weighted by molar-refractivity contribution is 9.10. The van der Waals surface area contributed by atoms with Crippen molar-refractivity contribution in [2.75, 3.05) is 6.61 Å². The molecule has 0 aliphatic heterocycles. The van der Waals surface area contributed by atoms with E-state index >= 15 is 0 Å². The molecule has 1 aromatic rings. The van der Waals surface area contributed by atoms with Crippen LogP contribution in [0.5, 0.6) is 0 Å². The van der Waals surface area contributed by atoms with Gasteiger partial charge in [0.2, 0.25) is 0 Å². The Kier molecular flexibility index (Phi) is 6.54. The molecule has 0 aliphatic carbocycles. The lowest BCUT2D eigenvalue weighted by molar-refractivity contribution is 0.227. The van der Waals surface area contributed by atoms with Crippen molar-refractivity contribution in [3.05, 3.63) is 20.8 Å². The van der Waals surface area contributed by atoms with E-state index in [9.17, 15) is 4.79 Å². The van der Waals surface area contributed by atoms with Gasteiger partial charge < -0.3 is 15.7 Å². The van der Waals surface area contributed by atoms with Gasteiger partial charge in [-0.1, -0.05) is 6.92 Å². The number of hydrogen-bond donors (Lipinski definition) is 3. The van der Waals surface area contributed by atoms with Crippen molar-refractivity contribution < 1.29 is 9.90 Å². The fourth-order valence-corrected chi connectivity index (χ4v) is 2.78. The molecule has 1 unspecified atom stereocenters. The molecule has 0 fully saturated rings. The van der Waals surface area contributed by atoms with Gasteiger partial charge in [0.1, 0.15) is 0 Å². The Morgan fingerprint density at radius 3 is 2.94 bits per heavy atom. The zero-order chi connectivity index (χ0) is 12.7. The molecule has 6 heteroatoms. The van der Waals surface area contributed by atoms with Gasteiger partial charge in [0, 0.05) is 27.4 Å². The van der Waals surface area contributed by atoms with Gasteiger partial charge in [-0.3, -0.25) is 0 Å². The molecule has 1 rings (SSSR count). The molecular formula is C11H17BrN2O2S. The van der Waals surface area contributed by atoms with Crippen molar-refractivity contribution in [1.29, 1.82) is 0 Å². The zero-order valence-corrected chi connectivity index (χ0v) is 12.1. The summed E-state index contributed by atoms with van der Waals surface area (Å²) >= 11 is 4.96. The summed E-state index contributed by atoms with van der Waals surface area (Å²) in [5.41, 5.74) is 0. The van der Waals surface area contributed by atoms with E-state index in [1.807, 2.05) is 18.4 Å². The van der Waals surface area contributed by atoms with Crippen molar-refractivity contribution in [3.8, 4) is 0 Å².